The van der Waals surface area contributed by atoms with Crippen LogP contribution in [0.3, 0.4) is 0 Å². The second kappa shape index (κ2) is 7.21. The highest BCUT2D eigenvalue weighted by Gasteiger charge is 2.27. The molecule has 0 bridgehead atoms. The second-order valence-electron chi connectivity index (χ2n) is 6.81. The molecule has 4 rings (SSSR count). The van der Waals surface area contributed by atoms with Crippen molar-refractivity contribution in [2.24, 2.45) is 0 Å². The van der Waals surface area contributed by atoms with Gasteiger partial charge in [-0.05, 0) is 44.2 Å². The van der Waals surface area contributed by atoms with Crippen molar-refractivity contribution >= 4 is 22.5 Å². The lowest BCUT2D eigenvalue weighted by Crippen LogP contribution is -2.39. The average Bonchev–Trinajstić information content (AvgIpc) is 3.10. The Morgan fingerprint density at radius 2 is 2.08 bits per heavy atom. The molecule has 2 aromatic heterocycles. The van der Waals surface area contributed by atoms with E-state index in [0.717, 1.165) is 42.1 Å². The fourth-order valence-corrected chi connectivity index (χ4v) is 3.66. The summed E-state index contributed by atoms with van der Waals surface area (Å²) >= 11 is 0. The number of para-hydroxylation sites is 1. The highest BCUT2D eigenvalue weighted by molar-refractivity contribution is 5.87. The van der Waals surface area contributed by atoms with E-state index in [1.807, 2.05) is 36.4 Å². The molecule has 1 aromatic carbocycles. The van der Waals surface area contributed by atoms with Crippen LogP contribution in [0.5, 0.6) is 0 Å². The first-order valence-corrected chi connectivity index (χ1v) is 8.95. The molecule has 7 heteroatoms. The Morgan fingerprint density at radius 3 is 2.92 bits per heavy atom. The highest BCUT2D eigenvalue weighted by atomic mass is 15.3. The van der Waals surface area contributed by atoms with Gasteiger partial charge in [0.05, 0.1) is 12.1 Å². The zero-order valence-corrected chi connectivity index (χ0v) is 14.9. The van der Waals surface area contributed by atoms with Gasteiger partial charge in [0, 0.05) is 30.7 Å². The highest BCUT2D eigenvalue weighted by Crippen LogP contribution is 2.24. The third-order valence-corrected chi connectivity index (χ3v) is 4.84. The Bertz CT molecular complexity index is 883. The molecule has 0 aliphatic carbocycles. The standard InChI is InChI=1S/C19H23N7/c1-25(12-14-6-5-11-26(14)18-9-4-10-21-24-18)13-17-22-16-8-3-2-7-15(16)19(20)23-17/h2-4,7-10,14H,5-6,11-13H2,1H3,(H2,20,22,23)/t14-/m1/s1. The Labute approximate surface area is 152 Å². The molecule has 26 heavy (non-hydrogen) atoms. The first kappa shape index (κ1) is 16.7. The van der Waals surface area contributed by atoms with E-state index in [0.29, 0.717) is 18.4 Å². The van der Waals surface area contributed by atoms with Crippen molar-refractivity contribution in [2.75, 3.05) is 30.8 Å². The van der Waals surface area contributed by atoms with Gasteiger partial charge in [0.25, 0.3) is 0 Å². The zero-order valence-electron chi connectivity index (χ0n) is 14.9. The summed E-state index contributed by atoms with van der Waals surface area (Å²) in [4.78, 5) is 13.7. The number of hydrogen-bond donors (Lipinski definition) is 1. The van der Waals surface area contributed by atoms with Crippen molar-refractivity contribution in [1.82, 2.24) is 25.1 Å². The van der Waals surface area contributed by atoms with Gasteiger partial charge < -0.3 is 10.6 Å². The molecule has 3 heterocycles. The third kappa shape index (κ3) is 3.43. The Morgan fingerprint density at radius 1 is 1.19 bits per heavy atom. The third-order valence-electron chi connectivity index (χ3n) is 4.84. The molecule has 7 nitrogen and oxygen atoms in total. The van der Waals surface area contributed by atoms with Gasteiger partial charge in [-0.15, -0.1) is 5.10 Å². The number of anilines is 2. The zero-order chi connectivity index (χ0) is 17.9. The maximum absolute atomic E-state index is 6.10. The van der Waals surface area contributed by atoms with Crippen LogP contribution in [0.4, 0.5) is 11.6 Å². The number of rotatable bonds is 5. The quantitative estimate of drug-likeness (QED) is 0.755. The van der Waals surface area contributed by atoms with E-state index in [4.69, 9.17) is 5.73 Å². The van der Waals surface area contributed by atoms with Gasteiger partial charge in [-0.2, -0.15) is 5.10 Å². The van der Waals surface area contributed by atoms with Gasteiger partial charge in [0.2, 0.25) is 0 Å². The Hall–Kier alpha value is -2.80. The number of hydrogen-bond acceptors (Lipinski definition) is 7. The summed E-state index contributed by atoms with van der Waals surface area (Å²) in [5.41, 5.74) is 7.00. The van der Waals surface area contributed by atoms with Crippen LogP contribution < -0.4 is 10.6 Å². The predicted molar refractivity (Wildman–Crippen MR) is 103 cm³/mol. The van der Waals surface area contributed by atoms with E-state index in [9.17, 15) is 0 Å². The van der Waals surface area contributed by atoms with Crippen LogP contribution in [0, 0.1) is 0 Å². The first-order chi connectivity index (χ1) is 12.7. The minimum atomic E-state index is 0.425. The monoisotopic (exact) mass is 349 g/mol. The van der Waals surface area contributed by atoms with E-state index in [1.165, 1.54) is 6.42 Å². The molecule has 0 amide bonds. The van der Waals surface area contributed by atoms with Gasteiger partial charge in [0.15, 0.2) is 5.82 Å². The number of nitrogens with zero attached hydrogens (tertiary/aromatic N) is 6. The summed E-state index contributed by atoms with van der Waals surface area (Å²) in [6.07, 6.45) is 4.04. The van der Waals surface area contributed by atoms with Gasteiger partial charge >= 0.3 is 0 Å². The average molecular weight is 349 g/mol. The molecule has 0 saturated carbocycles. The maximum atomic E-state index is 6.10. The summed E-state index contributed by atoms with van der Waals surface area (Å²) in [5, 5.41) is 9.18. The van der Waals surface area contributed by atoms with Crippen molar-refractivity contribution in [3.8, 4) is 0 Å². The number of fused-ring (bicyclic) bond motifs is 1. The van der Waals surface area contributed by atoms with Gasteiger partial charge in [-0.25, -0.2) is 9.97 Å². The van der Waals surface area contributed by atoms with Gasteiger partial charge in [-0.1, -0.05) is 12.1 Å². The number of nitrogens with two attached hydrogens (primary N) is 1. The number of nitrogen functional groups attached to an aromatic ring is 1. The van der Waals surface area contributed by atoms with Crippen LogP contribution in [0.1, 0.15) is 18.7 Å². The van der Waals surface area contributed by atoms with E-state index in [-0.39, 0.29) is 0 Å². The summed E-state index contributed by atoms with van der Waals surface area (Å²) in [5.74, 6) is 2.25. The van der Waals surface area contributed by atoms with Gasteiger partial charge in [-0.3, -0.25) is 4.90 Å². The molecule has 1 fully saturated rings. The topological polar surface area (TPSA) is 84.1 Å². The van der Waals surface area contributed by atoms with Crippen LogP contribution in [0.25, 0.3) is 10.9 Å². The van der Waals surface area contributed by atoms with Crippen molar-refractivity contribution in [3.63, 3.8) is 0 Å². The van der Waals surface area contributed by atoms with Crippen LogP contribution in [0.15, 0.2) is 42.6 Å². The van der Waals surface area contributed by atoms with Crippen molar-refractivity contribution in [1.29, 1.82) is 0 Å². The largest absolute Gasteiger partial charge is 0.383 e. The van der Waals surface area contributed by atoms with Crippen molar-refractivity contribution in [2.45, 2.75) is 25.4 Å². The molecule has 1 aliphatic heterocycles. The smallest absolute Gasteiger partial charge is 0.151 e. The summed E-state index contributed by atoms with van der Waals surface area (Å²) in [6.45, 7) is 2.61. The SMILES string of the molecule is CN(Cc1nc(N)c2ccccc2n1)C[C@H]1CCCN1c1cccnn1. The minimum Gasteiger partial charge on any atom is -0.383 e. The molecule has 2 N–H and O–H groups in total. The second-order valence-corrected chi connectivity index (χ2v) is 6.81. The Balaban J connectivity index is 1.46. The number of aromatic nitrogens is 4. The van der Waals surface area contributed by atoms with E-state index in [1.54, 1.807) is 6.20 Å². The lowest BCUT2D eigenvalue weighted by Gasteiger charge is -2.29. The van der Waals surface area contributed by atoms with Crippen molar-refractivity contribution in [3.05, 3.63) is 48.4 Å². The molecule has 0 unspecified atom stereocenters. The fraction of sp³-hybridized carbons (Fsp3) is 0.368. The van der Waals surface area contributed by atoms with Crippen LogP contribution >= 0.6 is 0 Å². The lowest BCUT2D eigenvalue weighted by molar-refractivity contribution is 0.296. The van der Waals surface area contributed by atoms with E-state index in [2.05, 4.69) is 37.0 Å². The normalized spacial score (nSPS) is 17.3. The van der Waals surface area contributed by atoms with Crippen LogP contribution in [0.2, 0.25) is 0 Å². The fourth-order valence-electron chi connectivity index (χ4n) is 3.66. The first-order valence-electron chi connectivity index (χ1n) is 8.95. The van der Waals surface area contributed by atoms with E-state index >= 15 is 0 Å². The van der Waals surface area contributed by atoms with Crippen molar-refractivity contribution < 1.29 is 0 Å². The predicted octanol–water partition coefficient (Wildman–Crippen LogP) is 2.10. The summed E-state index contributed by atoms with van der Waals surface area (Å²) in [7, 11) is 2.10. The van der Waals surface area contributed by atoms with Crippen LogP contribution in [-0.2, 0) is 6.54 Å². The molecule has 0 radical (unpaired) electrons. The Kier molecular flexibility index (Phi) is 4.62. The molecule has 1 atom stereocenters. The maximum Gasteiger partial charge on any atom is 0.151 e. The summed E-state index contributed by atoms with van der Waals surface area (Å²) < 4.78 is 0. The molecule has 1 saturated heterocycles. The van der Waals surface area contributed by atoms with Gasteiger partial charge in [0.1, 0.15) is 11.6 Å². The molecule has 3 aromatic rings. The molecular formula is C19H23N7. The minimum absolute atomic E-state index is 0.425. The molecule has 1 aliphatic rings. The summed E-state index contributed by atoms with van der Waals surface area (Å²) in [6, 6.07) is 12.2. The number of likely N-dealkylation sites (N-methyl/N-ethyl adjacent to an activating group) is 1. The molecular weight excluding hydrogens is 326 g/mol. The number of benzene rings is 1. The van der Waals surface area contributed by atoms with E-state index < -0.39 is 0 Å². The molecule has 134 valence electrons. The lowest BCUT2D eigenvalue weighted by atomic mass is 10.2. The van der Waals surface area contributed by atoms with Crippen LogP contribution in [-0.4, -0.2) is 51.2 Å². The molecule has 0 spiro atoms.